The van der Waals surface area contributed by atoms with Crippen molar-refractivity contribution in [2.45, 2.75) is 77.4 Å². The average Bonchev–Trinajstić information content (AvgIpc) is 3.08. The van der Waals surface area contributed by atoms with Crippen LogP contribution in [0, 0.1) is 5.92 Å². The van der Waals surface area contributed by atoms with E-state index in [1.165, 1.54) is 30.5 Å². The van der Waals surface area contributed by atoms with Crippen LogP contribution in [0.25, 0.3) is 0 Å². The van der Waals surface area contributed by atoms with Crippen LogP contribution >= 0.6 is 0 Å². The first-order valence-corrected chi connectivity index (χ1v) is 9.75. The molecule has 3 aliphatic rings. The summed E-state index contributed by atoms with van der Waals surface area (Å²) in [4.78, 5) is 15.0. The molecule has 0 radical (unpaired) electrons. The molecule has 1 N–H and O–H groups in total. The Morgan fingerprint density at radius 1 is 1.21 bits per heavy atom. The van der Waals surface area contributed by atoms with Gasteiger partial charge in [0.1, 0.15) is 0 Å². The zero-order valence-corrected chi connectivity index (χ0v) is 15.1. The standard InChI is InChI=1S/C19H30N4O/c1-13(2)12-23-17-8-7-15(20-14-5-6-14)11-16(17)18(21-23)19(24)22-9-3-4-10-22/h13-15,20H,3-12H2,1-2H3. The van der Waals surface area contributed by atoms with E-state index in [0.717, 1.165) is 57.1 Å². The van der Waals surface area contributed by atoms with Crippen molar-refractivity contribution < 1.29 is 4.79 Å². The molecule has 24 heavy (non-hydrogen) atoms. The van der Waals surface area contributed by atoms with Crippen molar-refractivity contribution in [2.75, 3.05) is 13.1 Å². The largest absolute Gasteiger partial charge is 0.337 e. The number of carbonyl (C=O) groups excluding carboxylic acids is 1. The smallest absolute Gasteiger partial charge is 0.274 e. The summed E-state index contributed by atoms with van der Waals surface area (Å²) in [6, 6.07) is 1.24. The SMILES string of the molecule is CC(C)Cn1nc(C(=O)N2CCCC2)c2c1CCC(NC1CC1)C2. The number of hydrogen-bond donors (Lipinski definition) is 1. The second kappa shape index (κ2) is 6.51. The predicted octanol–water partition coefficient (Wildman–Crippen LogP) is 2.38. The van der Waals surface area contributed by atoms with Gasteiger partial charge in [-0.1, -0.05) is 13.8 Å². The van der Waals surface area contributed by atoms with Crippen LogP contribution in [0.3, 0.4) is 0 Å². The maximum absolute atomic E-state index is 13.0. The monoisotopic (exact) mass is 330 g/mol. The lowest BCUT2D eigenvalue weighted by Gasteiger charge is -2.25. The number of hydrogen-bond acceptors (Lipinski definition) is 3. The lowest BCUT2D eigenvalue weighted by atomic mass is 9.91. The second-order valence-electron chi connectivity index (χ2n) is 8.23. The van der Waals surface area contributed by atoms with E-state index in [4.69, 9.17) is 5.10 Å². The number of fused-ring (bicyclic) bond motifs is 1. The summed E-state index contributed by atoms with van der Waals surface area (Å²) in [7, 11) is 0. The number of nitrogens with one attached hydrogen (secondary N) is 1. The molecule has 1 aromatic rings. The van der Waals surface area contributed by atoms with E-state index >= 15 is 0 Å². The van der Waals surface area contributed by atoms with E-state index in [1.54, 1.807) is 0 Å². The fourth-order valence-electron chi connectivity index (χ4n) is 4.15. The molecule has 2 heterocycles. The molecule has 1 saturated carbocycles. The molecule has 1 unspecified atom stereocenters. The highest BCUT2D eigenvalue weighted by atomic mass is 16.2. The minimum atomic E-state index is 0.165. The molecule has 1 atom stereocenters. The van der Waals surface area contributed by atoms with E-state index in [1.807, 2.05) is 4.90 Å². The Bertz CT molecular complexity index is 611. The Hall–Kier alpha value is -1.36. The van der Waals surface area contributed by atoms with Crippen LogP contribution in [0.4, 0.5) is 0 Å². The number of carbonyl (C=O) groups is 1. The van der Waals surface area contributed by atoms with E-state index in [2.05, 4.69) is 23.8 Å². The van der Waals surface area contributed by atoms with Crippen molar-refractivity contribution in [3.05, 3.63) is 17.0 Å². The highest BCUT2D eigenvalue weighted by molar-refractivity contribution is 5.94. The summed E-state index contributed by atoms with van der Waals surface area (Å²) in [5.74, 6) is 0.712. The zero-order valence-electron chi connectivity index (χ0n) is 15.1. The summed E-state index contributed by atoms with van der Waals surface area (Å²) >= 11 is 0. The highest BCUT2D eigenvalue weighted by Crippen LogP contribution is 2.29. The first-order chi connectivity index (χ1) is 11.6. The van der Waals surface area contributed by atoms with Crippen molar-refractivity contribution in [3.8, 4) is 0 Å². The van der Waals surface area contributed by atoms with Crippen molar-refractivity contribution in [1.29, 1.82) is 0 Å². The van der Waals surface area contributed by atoms with Crippen molar-refractivity contribution in [3.63, 3.8) is 0 Å². The zero-order chi connectivity index (χ0) is 16.7. The number of amides is 1. The van der Waals surface area contributed by atoms with Gasteiger partial charge in [-0.2, -0.15) is 5.10 Å². The van der Waals surface area contributed by atoms with Crippen LogP contribution in [0.1, 0.15) is 67.7 Å². The molecule has 1 aromatic heterocycles. The van der Waals surface area contributed by atoms with Crippen LogP contribution in [-0.2, 0) is 19.4 Å². The highest BCUT2D eigenvalue weighted by Gasteiger charge is 2.33. The lowest BCUT2D eigenvalue weighted by Crippen LogP contribution is -2.37. The van der Waals surface area contributed by atoms with Crippen molar-refractivity contribution in [2.24, 2.45) is 5.92 Å². The summed E-state index contributed by atoms with van der Waals surface area (Å²) < 4.78 is 2.14. The molecular formula is C19H30N4O. The van der Waals surface area contributed by atoms with Gasteiger partial charge in [0, 0.05) is 43.0 Å². The molecule has 5 nitrogen and oxygen atoms in total. The molecule has 5 heteroatoms. The van der Waals surface area contributed by atoms with Gasteiger partial charge in [0.15, 0.2) is 5.69 Å². The Labute approximate surface area is 144 Å². The maximum Gasteiger partial charge on any atom is 0.274 e. The minimum absolute atomic E-state index is 0.165. The number of likely N-dealkylation sites (tertiary alicyclic amines) is 1. The molecule has 0 spiro atoms. The Morgan fingerprint density at radius 3 is 2.62 bits per heavy atom. The molecule has 0 aromatic carbocycles. The molecule has 1 amide bonds. The third-order valence-electron chi connectivity index (χ3n) is 5.53. The van der Waals surface area contributed by atoms with Crippen LogP contribution in [0.5, 0.6) is 0 Å². The van der Waals surface area contributed by atoms with E-state index < -0.39 is 0 Å². The number of aromatic nitrogens is 2. The van der Waals surface area contributed by atoms with Gasteiger partial charge in [-0.3, -0.25) is 9.48 Å². The fraction of sp³-hybridized carbons (Fsp3) is 0.789. The van der Waals surface area contributed by atoms with Crippen molar-refractivity contribution in [1.82, 2.24) is 20.0 Å². The molecule has 1 aliphatic heterocycles. The molecule has 2 aliphatic carbocycles. The molecular weight excluding hydrogens is 300 g/mol. The molecule has 132 valence electrons. The van der Waals surface area contributed by atoms with Gasteiger partial charge in [-0.05, 0) is 50.9 Å². The van der Waals surface area contributed by atoms with Crippen LogP contribution in [0.15, 0.2) is 0 Å². The molecule has 0 bridgehead atoms. The fourth-order valence-corrected chi connectivity index (χ4v) is 4.15. The van der Waals surface area contributed by atoms with Crippen LogP contribution < -0.4 is 5.32 Å². The van der Waals surface area contributed by atoms with Gasteiger partial charge in [0.05, 0.1) is 0 Å². The van der Waals surface area contributed by atoms with Gasteiger partial charge in [-0.15, -0.1) is 0 Å². The Morgan fingerprint density at radius 2 is 1.96 bits per heavy atom. The predicted molar refractivity (Wildman–Crippen MR) is 94.2 cm³/mol. The third-order valence-corrected chi connectivity index (χ3v) is 5.53. The summed E-state index contributed by atoms with van der Waals surface area (Å²) in [5, 5.41) is 8.56. The number of nitrogens with zero attached hydrogens (tertiary/aromatic N) is 3. The lowest BCUT2D eigenvalue weighted by molar-refractivity contribution is 0.0784. The van der Waals surface area contributed by atoms with Gasteiger partial charge >= 0.3 is 0 Å². The average molecular weight is 330 g/mol. The normalized spacial score (nSPS) is 23.8. The first-order valence-electron chi connectivity index (χ1n) is 9.75. The van der Waals surface area contributed by atoms with Gasteiger partial charge in [0.25, 0.3) is 5.91 Å². The van der Waals surface area contributed by atoms with Gasteiger partial charge in [0.2, 0.25) is 0 Å². The van der Waals surface area contributed by atoms with E-state index in [9.17, 15) is 4.79 Å². The number of rotatable bonds is 5. The van der Waals surface area contributed by atoms with Gasteiger partial charge in [-0.25, -0.2) is 0 Å². The van der Waals surface area contributed by atoms with Crippen LogP contribution in [0.2, 0.25) is 0 Å². The summed E-state index contributed by atoms with van der Waals surface area (Å²) in [5.41, 5.74) is 3.30. The molecule has 1 saturated heterocycles. The topological polar surface area (TPSA) is 50.2 Å². The first kappa shape index (κ1) is 16.1. The van der Waals surface area contributed by atoms with Crippen LogP contribution in [-0.4, -0.2) is 45.8 Å². The third kappa shape index (κ3) is 3.23. The Balaban J connectivity index is 1.61. The molecule has 4 rings (SSSR count). The van der Waals surface area contributed by atoms with Crippen molar-refractivity contribution >= 4 is 5.91 Å². The minimum Gasteiger partial charge on any atom is -0.337 e. The van der Waals surface area contributed by atoms with E-state index in [0.29, 0.717) is 12.0 Å². The Kier molecular flexibility index (Phi) is 4.37. The summed E-state index contributed by atoms with van der Waals surface area (Å²) in [6.45, 7) is 7.14. The quantitative estimate of drug-likeness (QED) is 0.902. The molecule has 2 fully saturated rings. The summed E-state index contributed by atoms with van der Waals surface area (Å²) in [6.07, 6.45) is 8.08. The second-order valence-corrected chi connectivity index (χ2v) is 8.23. The maximum atomic E-state index is 13.0. The van der Waals surface area contributed by atoms with E-state index in [-0.39, 0.29) is 5.91 Å². The van der Waals surface area contributed by atoms with Gasteiger partial charge < -0.3 is 10.2 Å².